The fourth-order valence-corrected chi connectivity index (χ4v) is 2.75. The van der Waals surface area contributed by atoms with Crippen LogP contribution in [0.3, 0.4) is 0 Å². The van der Waals surface area contributed by atoms with E-state index in [1.54, 1.807) is 19.2 Å². The van der Waals surface area contributed by atoms with Gasteiger partial charge in [0.25, 0.3) is 11.6 Å². The maximum absolute atomic E-state index is 12.7. The molecule has 1 aromatic carbocycles. The molecule has 2 rings (SSSR count). The van der Waals surface area contributed by atoms with E-state index in [0.717, 1.165) is 38.8 Å². The molecule has 6 nitrogen and oxygen atoms in total. The number of amides is 1. The van der Waals surface area contributed by atoms with E-state index < -0.39 is 4.92 Å². The Morgan fingerprint density at radius 3 is 2.38 bits per heavy atom. The molecule has 21 heavy (non-hydrogen) atoms. The molecule has 0 radical (unpaired) electrons. The molecular formula is C15H21N3O3. The van der Waals surface area contributed by atoms with Crippen LogP contribution < -0.4 is 5.32 Å². The van der Waals surface area contributed by atoms with E-state index in [1.807, 2.05) is 4.90 Å². The normalized spacial score (nSPS) is 16.0. The molecule has 1 heterocycles. The topological polar surface area (TPSA) is 75.5 Å². The molecule has 114 valence electrons. The van der Waals surface area contributed by atoms with Gasteiger partial charge >= 0.3 is 0 Å². The molecule has 0 bridgehead atoms. The lowest BCUT2D eigenvalue weighted by molar-refractivity contribution is -0.384. The number of nitrogens with zero attached hydrogens (tertiary/aromatic N) is 2. The first-order valence-electron chi connectivity index (χ1n) is 7.39. The van der Waals surface area contributed by atoms with E-state index >= 15 is 0 Å². The second-order valence-corrected chi connectivity index (χ2v) is 5.27. The molecule has 0 saturated carbocycles. The maximum atomic E-state index is 12.7. The van der Waals surface area contributed by atoms with Crippen LogP contribution in [0.15, 0.2) is 18.2 Å². The fraction of sp³-hybridized carbons (Fsp3) is 0.533. The Morgan fingerprint density at radius 1 is 1.19 bits per heavy atom. The van der Waals surface area contributed by atoms with Gasteiger partial charge in [0.1, 0.15) is 5.69 Å². The maximum Gasteiger partial charge on any atom is 0.293 e. The molecule has 1 aliphatic heterocycles. The predicted octanol–water partition coefficient (Wildman–Crippen LogP) is 3.04. The number of hydrogen-bond acceptors (Lipinski definition) is 4. The number of likely N-dealkylation sites (tertiary alicyclic amines) is 1. The summed E-state index contributed by atoms with van der Waals surface area (Å²) in [5, 5.41) is 13.9. The van der Waals surface area contributed by atoms with Gasteiger partial charge in [-0.25, -0.2) is 0 Å². The lowest BCUT2D eigenvalue weighted by Gasteiger charge is -2.25. The number of nitro benzene ring substituents is 1. The number of nitro groups is 1. The Labute approximate surface area is 124 Å². The van der Waals surface area contributed by atoms with Gasteiger partial charge in [0.2, 0.25) is 0 Å². The number of hydrogen-bond donors (Lipinski definition) is 1. The molecule has 1 N–H and O–H groups in total. The number of para-hydroxylation sites is 1. The van der Waals surface area contributed by atoms with Crippen molar-refractivity contribution in [1.29, 1.82) is 0 Å². The van der Waals surface area contributed by atoms with Crippen LogP contribution in [0.5, 0.6) is 0 Å². The number of nitrogens with one attached hydrogen (secondary N) is 1. The minimum absolute atomic E-state index is 0.0598. The van der Waals surface area contributed by atoms with Gasteiger partial charge in [-0.05, 0) is 18.9 Å². The summed E-state index contributed by atoms with van der Waals surface area (Å²) in [5.41, 5.74) is 0.622. The van der Waals surface area contributed by atoms with Crippen LogP contribution in [0.4, 0.5) is 11.4 Å². The number of carbonyl (C=O) groups excluding carboxylic acids is 1. The molecular weight excluding hydrogens is 270 g/mol. The van der Waals surface area contributed by atoms with E-state index in [0.29, 0.717) is 11.3 Å². The van der Waals surface area contributed by atoms with Gasteiger partial charge in [-0.3, -0.25) is 14.9 Å². The number of rotatable bonds is 3. The Hall–Kier alpha value is -2.11. The summed E-state index contributed by atoms with van der Waals surface area (Å²) in [4.78, 5) is 25.1. The van der Waals surface area contributed by atoms with Gasteiger partial charge in [0.05, 0.1) is 10.5 Å². The minimum Gasteiger partial charge on any atom is -0.382 e. The monoisotopic (exact) mass is 291 g/mol. The average molecular weight is 291 g/mol. The van der Waals surface area contributed by atoms with Gasteiger partial charge in [0.15, 0.2) is 0 Å². The van der Waals surface area contributed by atoms with Crippen molar-refractivity contribution >= 4 is 17.3 Å². The van der Waals surface area contributed by atoms with Gasteiger partial charge < -0.3 is 10.2 Å². The molecule has 6 heteroatoms. The fourth-order valence-electron chi connectivity index (χ4n) is 2.75. The standard InChI is InChI=1S/C15H21N3O3/c1-16-14-12(8-7-9-13(14)18(20)21)15(19)17-10-5-3-2-4-6-11-17/h7-9,16H,2-6,10-11H2,1H3. The molecule has 1 aromatic rings. The second kappa shape index (κ2) is 7.06. The van der Waals surface area contributed by atoms with E-state index in [4.69, 9.17) is 0 Å². The van der Waals surface area contributed by atoms with Crippen LogP contribution in [-0.2, 0) is 0 Å². The number of carbonyl (C=O) groups is 1. The molecule has 0 atom stereocenters. The summed E-state index contributed by atoms with van der Waals surface area (Å²) >= 11 is 0. The molecule has 1 aliphatic rings. The third-order valence-corrected chi connectivity index (χ3v) is 3.86. The molecule has 1 amide bonds. The van der Waals surface area contributed by atoms with Crippen molar-refractivity contribution in [2.45, 2.75) is 32.1 Å². The summed E-state index contributed by atoms with van der Waals surface area (Å²) in [6, 6.07) is 4.63. The van der Waals surface area contributed by atoms with Crippen molar-refractivity contribution in [2.24, 2.45) is 0 Å². The molecule has 1 fully saturated rings. The first-order chi connectivity index (χ1) is 10.1. The third kappa shape index (κ3) is 3.51. The summed E-state index contributed by atoms with van der Waals surface area (Å²) in [7, 11) is 1.60. The van der Waals surface area contributed by atoms with Crippen LogP contribution in [0, 0.1) is 10.1 Å². The summed E-state index contributed by atoms with van der Waals surface area (Å²) < 4.78 is 0. The zero-order chi connectivity index (χ0) is 15.2. The quantitative estimate of drug-likeness (QED) is 0.686. The minimum atomic E-state index is -0.462. The Balaban J connectivity index is 2.29. The zero-order valence-corrected chi connectivity index (χ0v) is 12.3. The first-order valence-corrected chi connectivity index (χ1v) is 7.39. The highest BCUT2D eigenvalue weighted by atomic mass is 16.6. The van der Waals surface area contributed by atoms with Crippen molar-refractivity contribution in [3.8, 4) is 0 Å². The lowest BCUT2D eigenvalue weighted by Crippen LogP contribution is -2.34. The second-order valence-electron chi connectivity index (χ2n) is 5.27. The molecule has 0 aliphatic carbocycles. The van der Waals surface area contributed by atoms with E-state index in [2.05, 4.69) is 5.32 Å². The molecule has 0 spiro atoms. The van der Waals surface area contributed by atoms with E-state index in [1.165, 1.54) is 12.5 Å². The van der Waals surface area contributed by atoms with Crippen LogP contribution >= 0.6 is 0 Å². The highest BCUT2D eigenvalue weighted by Gasteiger charge is 2.24. The van der Waals surface area contributed by atoms with Gasteiger partial charge in [-0.1, -0.05) is 25.3 Å². The zero-order valence-electron chi connectivity index (χ0n) is 12.3. The van der Waals surface area contributed by atoms with Gasteiger partial charge in [0, 0.05) is 26.2 Å². The van der Waals surface area contributed by atoms with Crippen LogP contribution in [-0.4, -0.2) is 35.9 Å². The predicted molar refractivity (Wildman–Crippen MR) is 81.6 cm³/mol. The van der Waals surface area contributed by atoms with Crippen molar-refractivity contribution in [2.75, 3.05) is 25.5 Å². The van der Waals surface area contributed by atoms with Crippen LogP contribution in [0.25, 0.3) is 0 Å². The number of benzene rings is 1. The lowest BCUT2D eigenvalue weighted by atomic mass is 10.1. The third-order valence-electron chi connectivity index (χ3n) is 3.86. The number of anilines is 1. The molecule has 0 unspecified atom stereocenters. The van der Waals surface area contributed by atoms with Crippen molar-refractivity contribution in [3.05, 3.63) is 33.9 Å². The van der Waals surface area contributed by atoms with Gasteiger partial charge in [-0.2, -0.15) is 0 Å². The summed E-state index contributed by atoms with van der Waals surface area (Å²) in [6.45, 7) is 1.45. The van der Waals surface area contributed by atoms with Gasteiger partial charge in [-0.15, -0.1) is 0 Å². The van der Waals surface area contributed by atoms with Crippen LogP contribution in [0.1, 0.15) is 42.5 Å². The van der Waals surface area contributed by atoms with E-state index in [-0.39, 0.29) is 11.6 Å². The highest BCUT2D eigenvalue weighted by Crippen LogP contribution is 2.29. The van der Waals surface area contributed by atoms with Crippen molar-refractivity contribution in [1.82, 2.24) is 4.90 Å². The van der Waals surface area contributed by atoms with E-state index in [9.17, 15) is 14.9 Å². The summed E-state index contributed by atoms with van der Waals surface area (Å²) in [6.07, 6.45) is 5.49. The van der Waals surface area contributed by atoms with Crippen molar-refractivity contribution < 1.29 is 9.72 Å². The first kappa shape index (κ1) is 15.3. The van der Waals surface area contributed by atoms with Crippen LogP contribution in [0.2, 0.25) is 0 Å². The largest absolute Gasteiger partial charge is 0.382 e. The molecule has 1 saturated heterocycles. The average Bonchev–Trinajstić information content (AvgIpc) is 2.45. The Morgan fingerprint density at radius 2 is 1.81 bits per heavy atom. The Bertz CT molecular complexity index is 523. The Kier molecular flexibility index (Phi) is 5.14. The smallest absolute Gasteiger partial charge is 0.293 e. The van der Waals surface area contributed by atoms with Crippen molar-refractivity contribution in [3.63, 3.8) is 0 Å². The highest BCUT2D eigenvalue weighted by molar-refractivity contribution is 6.01. The molecule has 0 aromatic heterocycles. The summed E-state index contributed by atoms with van der Waals surface area (Å²) in [5.74, 6) is -0.120. The SMILES string of the molecule is CNc1c(C(=O)N2CCCCCCC2)cccc1[N+](=O)[O-].